The molecule has 0 aliphatic rings. The Morgan fingerprint density at radius 2 is 0.528 bits per heavy atom. The van der Waals surface area contributed by atoms with E-state index >= 15 is 0 Å². The van der Waals surface area contributed by atoms with Crippen molar-refractivity contribution in [3.05, 3.63) is 230 Å². The topological polar surface area (TPSA) is 13.1 Å². The van der Waals surface area contributed by atoms with E-state index in [1.807, 2.05) is 0 Å². The van der Waals surface area contributed by atoms with Gasteiger partial charge >= 0.3 is 0 Å². The van der Waals surface area contributed by atoms with E-state index in [9.17, 15) is 0 Å². The van der Waals surface area contributed by atoms with Gasteiger partial charge in [-0.1, -0.05) is 121 Å². The lowest BCUT2D eigenvalue weighted by molar-refractivity contribution is 0.668. The van der Waals surface area contributed by atoms with Gasteiger partial charge < -0.3 is 4.42 Å². The predicted octanol–water partition coefficient (Wildman–Crippen LogP) is 10.6. The van der Waals surface area contributed by atoms with E-state index in [1.165, 1.54) is 53.7 Å². The molecule has 0 amide bonds. The summed E-state index contributed by atoms with van der Waals surface area (Å²) in [5.74, 6) is 0. The van der Waals surface area contributed by atoms with Crippen molar-refractivity contribution >= 4 is 68.3 Å². The summed E-state index contributed by atoms with van der Waals surface area (Å²) < 4.78 is 6.55. The second-order valence-electron chi connectivity index (χ2n) is 13.7. The predicted molar refractivity (Wildman–Crippen MR) is 231 cm³/mol. The minimum Gasteiger partial charge on any atom is -0.456 e. The van der Waals surface area contributed by atoms with E-state index in [0.717, 1.165) is 23.5 Å². The maximum atomic E-state index is 6.55. The van der Waals surface area contributed by atoms with Gasteiger partial charge in [-0.25, -0.2) is 0 Å². The van der Waals surface area contributed by atoms with Crippen molar-refractivity contribution in [2.24, 2.45) is 0 Å². The number of hydrogen-bond acceptors (Lipinski definition) is 1. The molecule has 9 aromatic rings. The van der Waals surface area contributed by atoms with Crippen molar-refractivity contribution in [2.45, 2.75) is 12.3 Å². The normalized spacial score (nSPS) is 11.9. The first-order valence-electron chi connectivity index (χ1n) is 18.3. The van der Waals surface area contributed by atoms with Crippen LogP contribution in [-0.4, -0.2) is 0 Å². The molecule has 0 aliphatic carbocycles. The smallest absolute Gasteiger partial charge is 0.135 e. The van der Waals surface area contributed by atoms with Crippen LogP contribution in [0.2, 0.25) is 0 Å². The Morgan fingerprint density at radius 1 is 0.283 bits per heavy atom. The minimum atomic E-state index is -2.06. The summed E-state index contributed by atoms with van der Waals surface area (Å²) in [6.45, 7) is 0. The Hall–Kier alpha value is -5.58. The molecule has 9 rings (SSSR count). The van der Waals surface area contributed by atoms with E-state index in [0.29, 0.717) is 0 Å². The molecule has 0 bridgehead atoms. The molecule has 53 heavy (non-hydrogen) atoms. The highest BCUT2D eigenvalue weighted by molar-refractivity contribution is 7.95. The Bertz CT molecular complexity index is 2210. The monoisotopic (exact) mass is 718 g/mol. The van der Waals surface area contributed by atoms with Gasteiger partial charge in [0.2, 0.25) is 0 Å². The van der Waals surface area contributed by atoms with E-state index in [4.69, 9.17) is 4.42 Å². The molecule has 0 spiro atoms. The van der Waals surface area contributed by atoms with Crippen molar-refractivity contribution in [2.75, 3.05) is 0 Å². The van der Waals surface area contributed by atoms with Gasteiger partial charge in [-0.2, -0.15) is 0 Å². The van der Waals surface area contributed by atoms with Crippen LogP contribution in [-0.2, 0) is 12.3 Å². The molecule has 1 aromatic heterocycles. The molecule has 0 atom stereocenters. The van der Waals surface area contributed by atoms with Crippen molar-refractivity contribution in [1.29, 1.82) is 0 Å². The lowest BCUT2D eigenvalue weighted by atomic mass is 10.1. The lowest BCUT2D eigenvalue weighted by Crippen LogP contribution is -2.32. The Labute approximate surface area is 313 Å². The van der Waals surface area contributed by atoms with Gasteiger partial charge in [-0.3, -0.25) is 0 Å². The zero-order valence-electron chi connectivity index (χ0n) is 29.5. The molecule has 0 fully saturated rings. The summed E-state index contributed by atoms with van der Waals surface area (Å²) in [6, 6.07) is 80.7. The Balaban J connectivity index is 1.20. The molecule has 1 nitrogen and oxygen atoms in total. The summed E-state index contributed by atoms with van der Waals surface area (Å²) in [5.41, 5.74) is 4.49. The van der Waals surface area contributed by atoms with Crippen LogP contribution in [0.1, 0.15) is 11.1 Å². The van der Waals surface area contributed by atoms with Gasteiger partial charge in [-0.15, -0.1) is 0 Å². The zero-order valence-corrected chi connectivity index (χ0v) is 31.3. The third kappa shape index (κ3) is 6.11. The van der Waals surface area contributed by atoms with Crippen molar-refractivity contribution in [3.63, 3.8) is 0 Å². The summed E-state index contributed by atoms with van der Waals surface area (Å²) in [5, 5.41) is 10.7. The van der Waals surface area contributed by atoms with Crippen LogP contribution in [0.3, 0.4) is 0 Å². The highest BCUT2D eigenvalue weighted by atomic mass is 31.2. The highest BCUT2D eigenvalue weighted by Gasteiger charge is 2.46. The van der Waals surface area contributed by atoms with E-state index in [-0.39, 0.29) is 0 Å². The first-order chi connectivity index (χ1) is 26.2. The maximum Gasteiger partial charge on any atom is 0.135 e. The van der Waals surface area contributed by atoms with Crippen LogP contribution in [0, 0.1) is 0 Å². The van der Waals surface area contributed by atoms with Gasteiger partial charge in [0.1, 0.15) is 57.5 Å². The number of benzene rings is 8. The number of rotatable bonds is 10. The second kappa shape index (κ2) is 14.4. The molecule has 3 heteroatoms. The number of hydrogen-bond donors (Lipinski definition) is 0. The molecule has 8 aromatic carbocycles. The van der Waals surface area contributed by atoms with Crippen LogP contribution in [0.4, 0.5) is 0 Å². The lowest BCUT2D eigenvalue weighted by Gasteiger charge is -2.28. The van der Waals surface area contributed by atoms with Crippen LogP contribution in [0.15, 0.2) is 223 Å². The van der Waals surface area contributed by atoms with Crippen LogP contribution in [0.25, 0.3) is 21.9 Å². The van der Waals surface area contributed by atoms with Crippen molar-refractivity contribution in [3.8, 4) is 0 Å². The molecular weight excluding hydrogens is 678 g/mol. The molecular formula is C50H40OP2+2. The average molecular weight is 719 g/mol. The minimum absolute atomic E-state index is 0.915. The SMILES string of the molecule is c1ccc([P+](Cc2ccc3oc4ccc(C[P+](c5ccccc5)(c5ccccc5)c5ccccc5)cc4c3c2)(c2ccccc2)c2ccccc2)cc1. The fraction of sp³-hybridized carbons (Fsp3) is 0.0400. The standard InChI is InChI=1S/C50H40OP2/c1-7-19-41(20-8-1)52(42-21-9-2-10-22-42,43-23-11-3-12-24-43)37-39-31-33-49-47(35-39)48-36-40(32-34-50(48)51-49)38-53(44-25-13-4-14-26-44,45-27-15-5-16-28-45)46-29-17-6-18-30-46/h1-36H,37-38H2/q+2. The third-order valence-corrected chi connectivity index (χ3v) is 19.4. The fourth-order valence-corrected chi connectivity index (χ4v) is 16.6. The highest BCUT2D eigenvalue weighted by Crippen LogP contribution is 2.59. The summed E-state index contributed by atoms with van der Waals surface area (Å²) in [6.07, 6.45) is 1.83. The summed E-state index contributed by atoms with van der Waals surface area (Å²) >= 11 is 0. The second-order valence-corrected chi connectivity index (χ2v) is 20.7. The average Bonchev–Trinajstić information content (AvgIpc) is 3.61. The molecule has 254 valence electrons. The van der Waals surface area contributed by atoms with Crippen LogP contribution >= 0.6 is 14.5 Å². The molecule has 1 heterocycles. The Morgan fingerprint density at radius 3 is 0.774 bits per heavy atom. The van der Waals surface area contributed by atoms with E-state index in [2.05, 4.69) is 218 Å². The first kappa shape index (κ1) is 33.3. The van der Waals surface area contributed by atoms with Crippen LogP contribution in [0.5, 0.6) is 0 Å². The van der Waals surface area contributed by atoms with E-state index in [1.54, 1.807) is 0 Å². The maximum absolute atomic E-state index is 6.55. The summed E-state index contributed by atoms with van der Waals surface area (Å²) in [4.78, 5) is 0. The van der Waals surface area contributed by atoms with Gasteiger partial charge in [0.15, 0.2) is 0 Å². The third-order valence-electron chi connectivity index (χ3n) is 10.6. The van der Waals surface area contributed by atoms with Crippen LogP contribution < -0.4 is 31.8 Å². The zero-order chi connectivity index (χ0) is 35.5. The Kier molecular flexibility index (Phi) is 9.07. The van der Waals surface area contributed by atoms with Crippen molar-refractivity contribution < 1.29 is 4.42 Å². The molecule has 0 aliphatic heterocycles. The van der Waals surface area contributed by atoms with E-state index < -0.39 is 14.5 Å². The summed E-state index contributed by atoms with van der Waals surface area (Å²) in [7, 11) is -4.12. The number of furan rings is 1. The number of fused-ring (bicyclic) bond motifs is 3. The van der Waals surface area contributed by atoms with Crippen molar-refractivity contribution in [1.82, 2.24) is 0 Å². The molecule has 0 unspecified atom stereocenters. The molecule has 0 saturated heterocycles. The van der Waals surface area contributed by atoms with Gasteiger partial charge in [0, 0.05) is 10.8 Å². The van der Waals surface area contributed by atoms with Gasteiger partial charge in [0.25, 0.3) is 0 Å². The fourth-order valence-electron chi connectivity index (χ4n) is 8.15. The molecule has 0 saturated carbocycles. The largest absolute Gasteiger partial charge is 0.456 e. The molecule has 0 radical (unpaired) electrons. The van der Waals surface area contributed by atoms with Gasteiger partial charge in [-0.05, 0) is 108 Å². The first-order valence-corrected chi connectivity index (χ1v) is 22.2. The van der Waals surface area contributed by atoms with Gasteiger partial charge in [0.05, 0.1) is 12.3 Å². The quantitative estimate of drug-likeness (QED) is 0.128. The molecule has 0 N–H and O–H groups in total.